The first kappa shape index (κ1) is 15.6. The Hall–Kier alpha value is -2.33. The molecule has 1 heterocycles. The van der Waals surface area contributed by atoms with Crippen molar-refractivity contribution in [2.45, 2.75) is 25.9 Å². The van der Waals surface area contributed by atoms with Crippen LogP contribution in [0.25, 0.3) is 0 Å². The van der Waals surface area contributed by atoms with E-state index in [1.54, 1.807) is 12.1 Å². The standard InChI is InChI=1S/C19H23N3O/c20-18-9-2-1-8-17(18)19(23)21-13-15-6-5-7-16(12-15)14-22-10-3-4-11-22/h1-2,5-9,12H,3-4,10-11,13-14,20H2,(H,21,23). The third-order valence-corrected chi connectivity index (χ3v) is 4.25. The van der Waals surface area contributed by atoms with Crippen molar-refractivity contribution in [1.82, 2.24) is 10.2 Å². The van der Waals surface area contributed by atoms with E-state index in [-0.39, 0.29) is 5.91 Å². The molecule has 1 aliphatic heterocycles. The lowest BCUT2D eigenvalue weighted by molar-refractivity contribution is 0.0952. The second-order valence-electron chi connectivity index (χ2n) is 6.07. The van der Waals surface area contributed by atoms with E-state index in [9.17, 15) is 4.79 Å². The average Bonchev–Trinajstić information content (AvgIpc) is 3.06. The van der Waals surface area contributed by atoms with Crippen LogP contribution in [0, 0.1) is 0 Å². The molecule has 2 aromatic rings. The van der Waals surface area contributed by atoms with E-state index in [1.165, 1.54) is 31.5 Å². The van der Waals surface area contributed by atoms with Crippen molar-refractivity contribution in [3.63, 3.8) is 0 Å². The summed E-state index contributed by atoms with van der Waals surface area (Å²) in [5.74, 6) is -0.131. The molecule has 0 unspecified atom stereocenters. The number of carbonyl (C=O) groups is 1. The van der Waals surface area contributed by atoms with Crippen LogP contribution in [-0.2, 0) is 13.1 Å². The maximum atomic E-state index is 12.2. The summed E-state index contributed by atoms with van der Waals surface area (Å²) in [5, 5.41) is 2.94. The Kier molecular flexibility index (Phi) is 4.93. The molecule has 0 bridgehead atoms. The molecule has 3 N–H and O–H groups in total. The van der Waals surface area contributed by atoms with E-state index in [0.29, 0.717) is 17.8 Å². The molecule has 120 valence electrons. The molecular formula is C19H23N3O. The van der Waals surface area contributed by atoms with Crippen molar-refractivity contribution in [1.29, 1.82) is 0 Å². The monoisotopic (exact) mass is 309 g/mol. The van der Waals surface area contributed by atoms with Gasteiger partial charge < -0.3 is 11.1 Å². The normalized spacial score (nSPS) is 14.8. The van der Waals surface area contributed by atoms with E-state index in [1.807, 2.05) is 18.2 Å². The number of para-hydroxylation sites is 1. The summed E-state index contributed by atoms with van der Waals surface area (Å²) in [5.41, 5.74) is 9.29. The molecular weight excluding hydrogens is 286 g/mol. The summed E-state index contributed by atoms with van der Waals surface area (Å²) >= 11 is 0. The van der Waals surface area contributed by atoms with E-state index >= 15 is 0 Å². The first-order chi connectivity index (χ1) is 11.2. The molecule has 0 radical (unpaired) electrons. The van der Waals surface area contributed by atoms with Gasteiger partial charge in [0.1, 0.15) is 0 Å². The molecule has 0 atom stereocenters. The first-order valence-corrected chi connectivity index (χ1v) is 8.15. The minimum atomic E-state index is -0.131. The van der Waals surface area contributed by atoms with Crippen molar-refractivity contribution in [3.8, 4) is 0 Å². The number of nitrogens with one attached hydrogen (secondary N) is 1. The van der Waals surface area contributed by atoms with Crippen LogP contribution in [0.15, 0.2) is 48.5 Å². The van der Waals surface area contributed by atoms with Gasteiger partial charge in [-0.05, 0) is 49.2 Å². The first-order valence-electron chi connectivity index (χ1n) is 8.15. The van der Waals surface area contributed by atoms with Crippen LogP contribution in [0.1, 0.15) is 34.3 Å². The Bertz CT molecular complexity index is 678. The Balaban J connectivity index is 1.59. The van der Waals surface area contributed by atoms with Crippen LogP contribution in [-0.4, -0.2) is 23.9 Å². The van der Waals surface area contributed by atoms with Gasteiger partial charge in [-0.1, -0.05) is 36.4 Å². The largest absolute Gasteiger partial charge is 0.398 e. The number of nitrogens with two attached hydrogens (primary N) is 1. The van der Waals surface area contributed by atoms with Gasteiger partial charge in [-0.15, -0.1) is 0 Å². The molecule has 3 rings (SSSR count). The minimum Gasteiger partial charge on any atom is -0.398 e. The summed E-state index contributed by atoms with van der Waals surface area (Å²) in [6.45, 7) is 3.89. The van der Waals surface area contributed by atoms with Crippen molar-refractivity contribution in [2.24, 2.45) is 0 Å². The second-order valence-corrected chi connectivity index (χ2v) is 6.07. The fourth-order valence-electron chi connectivity index (χ4n) is 3.02. The number of nitrogens with zero attached hydrogens (tertiary/aromatic N) is 1. The van der Waals surface area contributed by atoms with Crippen LogP contribution in [0.3, 0.4) is 0 Å². The maximum absolute atomic E-state index is 12.2. The van der Waals surface area contributed by atoms with Crippen LogP contribution in [0.5, 0.6) is 0 Å². The van der Waals surface area contributed by atoms with Gasteiger partial charge in [0.15, 0.2) is 0 Å². The molecule has 2 aromatic carbocycles. The highest BCUT2D eigenvalue weighted by Crippen LogP contribution is 2.14. The summed E-state index contributed by atoms with van der Waals surface area (Å²) < 4.78 is 0. The number of carbonyl (C=O) groups excluding carboxylic acids is 1. The zero-order valence-corrected chi connectivity index (χ0v) is 13.3. The number of rotatable bonds is 5. The highest BCUT2D eigenvalue weighted by Gasteiger charge is 2.12. The number of likely N-dealkylation sites (tertiary alicyclic amines) is 1. The lowest BCUT2D eigenvalue weighted by Gasteiger charge is -2.15. The molecule has 0 saturated carbocycles. The molecule has 4 nitrogen and oxygen atoms in total. The molecule has 0 aliphatic carbocycles. The molecule has 23 heavy (non-hydrogen) atoms. The highest BCUT2D eigenvalue weighted by molar-refractivity contribution is 5.98. The smallest absolute Gasteiger partial charge is 0.253 e. The number of hydrogen-bond acceptors (Lipinski definition) is 3. The van der Waals surface area contributed by atoms with Crippen LogP contribution >= 0.6 is 0 Å². The van der Waals surface area contributed by atoms with Crippen molar-refractivity contribution < 1.29 is 4.79 Å². The second kappa shape index (κ2) is 7.29. The summed E-state index contributed by atoms with van der Waals surface area (Å²) in [4.78, 5) is 14.7. The van der Waals surface area contributed by atoms with Gasteiger partial charge >= 0.3 is 0 Å². The maximum Gasteiger partial charge on any atom is 0.253 e. The predicted octanol–water partition coefficient (Wildman–Crippen LogP) is 2.79. The Morgan fingerprint density at radius 2 is 1.78 bits per heavy atom. The summed E-state index contributed by atoms with van der Waals surface area (Å²) in [6.07, 6.45) is 2.60. The van der Waals surface area contributed by atoms with E-state index in [4.69, 9.17) is 5.73 Å². The number of benzene rings is 2. The molecule has 1 fully saturated rings. The van der Waals surface area contributed by atoms with Crippen LogP contribution < -0.4 is 11.1 Å². The van der Waals surface area contributed by atoms with Gasteiger partial charge in [0, 0.05) is 18.8 Å². The molecule has 0 spiro atoms. The fourth-order valence-corrected chi connectivity index (χ4v) is 3.02. The average molecular weight is 309 g/mol. The quantitative estimate of drug-likeness (QED) is 0.835. The predicted molar refractivity (Wildman–Crippen MR) is 93.0 cm³/mol. The minimum absolute atomic E-state index is 0.131. The third-order valence-electron chi connectivity index (χ3n) is 4.25. The summed E-state index contributed by atoms with van der Waals surface area (Å²) in [6, 6.07) is 15.6. The van der Waals surface area contributed by atoms with E-state index in [0.717, 1.165) is 12.1 Å². The SMILES string of the molecule is Nc1ccccc1C(=O)NCc1cccc(CN2CCCC2)c1. The van der Waals surface area contributed by atoms with Crippen LogP contribution in [0.2, 0.25) is 0 Å². The van der Waals surface area contributed by atoms with Crippen molar-refractivity contribution in [2.75, 3.05) is 18.8 Å². The molecule has 1 saturated heterocycles. The summed E-state index contributed by atoms with van der Waals surface area (Å²) in [7, 11) is 0. The van der Waals surface area contributed by atoms with Crippen molar-refractivity contribution >= 4 is 11.6 Å². The van der Waals surface area contributed by atoms with Crippen molar-refractivity contribution in [3.05, 3.63) is 65.2 Å². The highest BCUT2D eigenvalue weighted by atomic mass is 16.1. The lowest BCUT2D eigenvalue weighted by Crippen LogP contribution is -2.24. The van der Waals surface area contributed by atoms with E-state index < -0.39 is 0 Å². The number of anilines is 1. The Morgan fingerprint density at radius 3 is 2.57 bits per heavy atom. The zero-order valence-electron chi connectivity index (χ0n) is 13.3. The molecule has 4 heteroatoms. The number of amides is 1. The van der Waals surface area contributed by atoms with Crippen LogP contribution in [0.4, 0.5) is 5.69 Å². The van der Waals surface area contributed by atoms with Gasteiger partial charge in [0.25, 0.3) is 5.91 Å². The Morgan fingerprint density at radius 1 is 1.04 bits per heavy atom. The van der Waals surface area contributed by atoms with Gasteiger partial charge in [-0.3, -0.25) is 9.69 Å². The number of hydrogen-bond donors (Lipinski definition) is 2. The fraction of sp³-hybridized carbons (Fsp3) is 0.316. The molecule has 1 aliphatic rings. The van der Waals surface area contributed by atoms with E-state index in [2.05, 4.69) is 28.4 Å². The van der Waals surface area contributed by atoms with Gasteiger partial charge in [0.2, 0.25) is 0 Å². The zero-order chi connectivity index (χ0) is 16.1. The molecule has 0 aromatic heterocycles. The third kappa shape index (κ3) is 4.11. The lowest BCUT2D eigenvalue weighted by atomic mass is 10.1. The molecule has 1 amide bonds. The number of nitrogen functional groups attached to an aromatic ring is 1. The Labute approximate surface area is 137 Å². The topological polar surface area (TPSA) is 58.4 Å². The van der Waals surface area contributed by atoms with Gasteiger partial charge in [0.05, 0.1) is 5.56 Å². The van der Waals surface area contributed by atoms with Gasteiger partial charge in [-0.25, -0.2) is 0 Å². The van der Waals surface area contributed by atoms with Gasteiger partial charge in [-0.2, -0.15) is 0 Å².